The van der Waals surface area contributed by atoms with Crippen LogP contribution in [0.15, 0.2) is 4.52 Å². The third kappa shape index (κ3) is 2.65. The zero-order valence-electron chi connectivity index (χ0n) is 10.3. The van der Waals surface area contributed by atoms with Gasteiger partial charge in [-0.25, -0.2) is 0 Å². The molecule has 96 valence electrons. The van der Waals surface area contributed by atoms with Crippen molar-refractivity contribution in [1.29, 1.82) is 0 Å². The monoisotopic (exact) mass is 242 g/mol. The van der Waals surface area contributed by atoms with Gasteiger partial charge in [0, 0.05) is 0 Å². The zero-order chi connectivity index (χ0) is 13.1. The average molecular weight is 242 g/mol. The number of aromatic nitrogens is 1. The van der Waals surface area contributed by atoms with E-state index in [1.54, 1.807) is 20.8 Å². The molecule has 1 heterocycles. The van der Waals surface area contributed by atoms with Crippen molar-refractivity contribution in [2.75, 3.05) is 13.2 Å². The van der Waals surface area contributed by atoms with Crippen molar-refractivity contribution in [1.82, 2.24) is 10.5 Å². The Morgan fingerprint density at radius 2 is 2.00 bits per heavy atom. The lowest BCUT2D eigenvalue weighted by atomic mass is 9.97. The van der Waals surface area contributed by atoms with Crippen molar-refractivity contribution in [2.45, 2.75) is 32.7 Å². The van der Waals surface area contributed by atoms with Gasteiger partial charge < -0.3 is 20.1 Å². The van der Waals surface area contributed by atoms with Gasteiger partial charge in [-0.05, 0) is 20.3 Å². The molecule has 0 aliphatic carbocycles. The third-order valence-corrected chi connectivity index (χ3v) is 2.92. The minimum Gasteiger partial charge on any atom is -0.394 e. The topological polar surface area (TPSA) is 95.6 Å². The fourth-order valence-corrected chi connectivity index (χ4v) is 1.55. The predicted octanol–water partition coefficient (Wildman–Crippen LogP) is 0.155. The number of nitrogens with zero attached hydrogens (tertiary/aromatic N) is 1. The number of carbonyl (C=O) groups is 1. The molecule has 6 heteroatoms. The molecule has 0 aliphatic heterocycles. The molecule has 1 aromatic rings. The summed E-state index contributed by atoms with van der Waals surface area (Å²) in [6, 6.07) is 0. The number of carbonyl (C=O) groups excluding carboxylic acids is 1. The summed E-state index contributed by atoms with van der Waals surface area (Å²) in [6.07, 6.45) is 0.426. The van der Waals surface area contributed by atoms with Gasteiger partial charge in [-0.3, -0.25) is 4.79 Å². The lowest BCUT2D eigenvalue weighted by molar-refractivity contribution is 0.0651. The fourth-order valence-electron chi connectivity index (χ4n) is 1.55. The molecule has 0 fully saturated rings. The number of amides is 1. The van der Waals surface area contributed by atoms with Crippen molar-refractivity contribution in [3.05, 3.63) is 17.0 Å². The van der Waals surface area contributed by atoms with E-state index in [0.29, 0.717) is 23.4 Å². The molecule has 0 radical (unpaired) electrons. The van der Waals surface area contributed by atoms with E-state index in [4.69, 9.17) is 4.52 Å². The quantitative estimate of drug-likeness (QED) is 0.683. The lowest BCUT2D eigenvalue weighted by Crippen LogP contribution is -2.53. The minimum atomic E-state index is -1.01. The number of hydrogen-bond acceptors (Lipinski definition) is 5. The van der Waals surface area contributed by atoms with Gasteiger partial charge in [-0.2, -0.15) is 0 Å². The summed E-state index contributed by atoms with van der Waals surface area (Å²) in [5.74, 6) is 0.0204. The first-order valence-electron chi connectivity index (χ1n) is 5.46. The van der Waals surface area contributed by atoms with Crippen LogP contribution >= 0.6 is 0 Å². The van der Waals surface area contributed by atoms with Crippen LogP contribution in [0.5, 0.6) is 0 Å². The summed E-state index contributed by atoms with van der Waals surface area (Å²) < 4.78 is 4.90. The van der Waals surface area contributed by atoms with Gasteiger partial charge >= 0.3 is 0 Å². The highest BCUT2D eigenvalue weighted by Gasteiger charge is 2.30. The molecule has 0 unspecified atom stereocenters. The van der Waals surface area contributed by atoms with Crippen molar-refractivity contribution < 1.29 is 19.5 Å². The van der Waals surface area contributed by atoms with Gasteiger partial charge in [0.15, 0.2) is 0 Å². The Morgan fingerprint density at radius 3 is 2.35 bits per heavy atom. The molecule has 0 atom stereocenters. The van der Waals surface area contributed by atoms with Crippen LogP contribution in [0.1, 0.15) is 35.2 Å². The predicted molar refractivity (Wildman–Crippen MR) is 60.6 cm³/mol. The highest BCUT2D eigenvalue weighted by Crippen LogP contribution is 2.15. The molecule has 17 heavy (non-hydrogen) atoms. The Bertz CT molecular complexity index is 368. The molecule has 1 amide bonds. The van der Waals surface area contributed by atoms with E-state index in [1.807, 2.05) is 0 Å². The van der Waals surface area contributed by atoms with E-state index in [9.17, 15) is 15.0 Å². The van der Waals surface area contributed by atoms with Crippen molar-refractivity contribution in [3.63, 3.8) is 0 Å². The van der Waals surface area contributed by atoms with Gasteiger partial charge in [0.1, 0.15) is 11.3 Å². The third-order valence-electron chi connectivity index (χ3n) is 2.92. The number of rotatable bonds is 5. The Balaban J connectivity index is 2.92. The van der Waals surface area contributed by atoms with E-state index in [0.717, 1.165) is 0 Å². The van der Waals surface area contributed by atoms with E-state index in [1.165, 1.54) is 0 Å². The van der Waals surface area contributed by atoms with Crippen molar-refractivity contribution >= 4 is 5.91 Å². The van der Waals surface area contributed by atoms with Crippen LogP contribution in [0.2, 0.25) is 0 Å². The zero-order valence-corrected chi connectivity index (χ0v) is 10.3. The molecular formula is C11H18N2O4. The lowest BCUT2D eigenvalue weighted by Gasteiger charge is -2.29. The van der Waals surface area contributed by atoms with Gasteiger partial charge in [-0.15, -0.1) is 0 Å². The SMILES string of the molecule is CCC(CO)(CO)NC(=O)c1c(C)noc1C. The molecule has 1 rings (SSSR count). The molecule has 6 nitrogen and oxygen atoms in total. The molecule has 0 saturated carbocycles. The second kappa shape index (κ2) is 5.29. The van der Waals surface area contributed by atoms with E-state index >= 15 is 0 Å². The number of aryl methyl sites for hydroxylation is 2. The maximum Gasteiger partial charge on any atom is 0.257 e. The minimum absolute atomic E-state index is 0.324. The highest BCUT2D eigenvalue weighted by molar-refractivity contribution is 5.96. The standard InChI is InChI=1S/C11H18N2O4/c1-4-11(5-14,6-15)12-10(16)9-7(2)13-17-8(9)3/h14-15H,4-6H2,1-3H3,(H,12,16). The largest absolute Gasteiger partial charge is 0.394 e. The van der Waals surface area contributed by atoms with Crippen LogP contribution in [0.25, 0.3) is 0 Å². The summed E-state index contributed by atoms with van der Waals surface area (Å²) in [4.78, 5) is 12.0. The van der Waals surface area contributed by atoms with Gasteiger partial charge in [0.05, 0.1) is 24.4 Å². The number of aliphatic hydroxyl groups excluding tert-OH is 2. The Kier molecular flexibility index (Phi) is 4.25. The van der Waals surface area contributed by atoms with Crippen LogP contribution in [-0.4, -0.2) is 40.0 Å². The first-order valence-corrected chi connectivity index (χ1v) is 5.46. The summed E-state index contributed by atoms with van der Waals surface area (Å²) in [5, 5.41) is 24.8. The van der Waals surface area contributed by atoms with Crippen LogP contribution in [0, 0.1) is 13.8 Å². The van der Waals surface area contributed by atoms with Crippen LogP contribution in [0.3, 0.4) is 0 Å². The van der Waals surface area contributed by atoms with Crippen LogP contribution in [-0.2, 0) is 0 Å². The fraction of sp³-hybridized carbons (Fsp3) is 0.636. The summed E-state index contributed by atoms with van der Waals surface area (Å²) in [5.41, 5.74) is -0.168. The summed E-state index contributed by atoms with van der Waals surface area (Å²) >= 11 is 0. The van der Waals surface area contributed by atoms with E-state index < -0.39 is 11.4 Å². The van der Waals surface area contributed by atoms with E-state index in [-0.39, 0.29) is 13.2 Å². The Labute approximate surface area is 99.6 Å². The molecular weight excluding hydrogens is 224 g/mol. The van der Waals surface area contributed by atoms with Crippen LogP contribution in [0.4, 0.5) is 0 Å². The molecule has 1 aromatic heterocycles. The molecule has 0 spiro atoms. The second-order valence-corrected chi connectivity index (χ2v) is 4.10. The average Bonchev–Trinajstić information content (AvgIpc) is 2.66. The van der Waals surface area contributed by atoms with Gasteiger partial charge in [0.25, 0.3) is 5.91 Å². The number of nitrogens with one attached hydrogen (secondary N) is 1. The molecule has 0 aromatic carbocycles. The van der Waals surface area contributed by atoms with Crippen molar-refractivity contribution in [3.8, 4) is 0 Å². The summed E-state index contributed by atoms with van der Waals surface area (Å²) in [7, 11) is 0. The number of aliphatic hydroxyl groups is 2. The molecule has 0 saturated heterocycles. The first kappa shape index (κ1) is 13.7. The van der Waals surface area contributed by atoms with Crippen LogP contribution < -0.4 is 5.32 Å². The maximum absolute atomic E-state index is 12.0. The molecule has 3 N–H and O–H groups in total. The van der Waals surface area contributed by atoms with Crippen molar-refractivity contribution in [2.24, 2.45) is 0 Å². The first-order chi connectivity index (χ1) is 7.99. The number of hydrogen-bond donors (Lipinski definition) is 3. The summed E-state index contributed by atoms with van der Waals surface area (Å²) in [6.45, 7) is 4.43. The van der Waals surface area contributed by atoms with Gasteiger partial charge in [-0.1, -0.05) is 12.1 Å². The Hall–Kier alpha value is -1.40. The molecule has 0 aliphatic rings. The Morgan fingerprint density at radius 1 is 1.41 bits per heavy atom. The second-order valence-electron chi connectivity index (χ2n) is 4.10. The smallest absolute Gasteiger partial charge is 0.257 e. The molecule has 0 bridgehead atoms. The highest BCUT2D eigenvalue weighted by atomic mass is 16.5. The van der Waals surface area contributed by atoms with E-state index in [2.05, 4.69) is 10.5 Å². The van der Waals surface area contributed by atoms with Gasteiger partial charge in [0.2, 0.25) is 0 Å². The normalized spacial score (nSPS) is 11.6. The maximum atomic E-state index is 12.0.